The highest BCUT2D eigenvalue weighted by molar-refractivity contribution is 5.83. The van der Waals surface area contributed by atoms with Crippen LogP contribution in [-0.2, 0) is 4.79 Å². The topological polar surface area (TPSA) is 41.1 Å². The Labute approximate surface area is 117 Å². The number of nitrogens with one attached hydrogen (secondary N) is 2. The van der Waals surface area contributed by atoms with Gasteiger partial charge in [-0.1, -0.05) is 41.5 Å². The van der Waals surface area contributed by atoms with Crippen molar-refractivity contribution in [1.29, 1.82) is 0 Å². The Morgan fingerprint density at radius 1 is 1.26 bits per heavy atom. The first-order chi connectivity index (χ1) is 8.66. The second kappa shape index (κ2) is 4.47. The fourth-order valence-corrected chi connectivity index (χ4v) is 3.87. The monoisotopic (exact) mass is 266 g/mol. The maximum atomic E-state index is 12.6. The Balaban J connectivity index is 1.95. The molecule has 3 heteroatoms. The van der Waals surface area contributed by atoms with Gasteiger partial charge in [0.1, 0.15) is 0 Å². The molecule has 2 aliphatic rings. The molecule has 1 amide bonds. The second-order valence-electron chi connectivity index (χ2n) is 7.94. The van der Waals surface area contributed by atoms with Crippen LogP contribution >= 0.6 is 0 Å². The number of amides is 1. The molecule has 0 aromatic heterocycles. The van der Waals surface area contributed by atoms with Crippen LogP contribution in [0, 0.1) is 28.1 Å². The van der Waals surface area contributed by atoms with Gasteiger partial charge in [0, 0.05) is 13.1 Å². The molecule has 0 spiro atoms. The van der Waals surface area contributed by atoms with Gasteiger partial charge in [0.2, 0.25) is 5.91 Å². The average Bonchev–Trinajstić information content (AvgIpc) is 2.73. The van der Waals surface area contributed by atoms with Crippen LogP contribution in [0.1, 0.15) is 48.0 Å². The Bertz CT molecular complexity index is 351. The number of carbonyl (C=O) groups is 1. The van der Waals surface area contributed by atoms with E-state index in [1.54, 1.807) is 0 Å². The summed E-state index contributed by atoms with van der Waals surface area (Å²) < 4.78 is 0. The molecule has 0 radical (unpaired) electrons. The number of rotatable bonds is 4. The highest BCUT2D eigenvalue weighted by Crippen LogP contribution is 2.67. The van der Waals surface area contributed by atoms with Gasteiger partial charge in [0.15, 0.2) is 0 Å². The molecule has 0 aromatic rings. The van der Waals surface area contributed by atoms with Gasteiger partial charge in [-0.3, -0.25) is 4.79 Å². The van der Waals surface area contributed by atoms with Gasteiger partial charge in [-0.15, -0.1) is 0 Å². The van der Waals surface area contributed by atoms with Gasteiger partial charge >= 0.3 is 0 Å². The first-order valence-electron chi connectivity index (χ1n) is 7.65. The van der Waals surface area contributed by atoms with Gasteiger partial charge in [-0.25, -0.2) is 0 Å². The summed E-state index contributed by atoms with van der Waals surface area (Å²) in [5, 5.41) is 6.59. The highest BCUT2D eigenvalue weighted by Gasteiger charge is 2.64. The van der Waals surface area contributed by atoms with Gasteiger partial charge in [0.05, 0.1) is 5.41 Å². The Kier molecular flexibility index (Phi) is 3.49. The van der Waals surface area contributed by atoms with Gasteiger partial charge in [-0.05, 0) is 35.6 Å². The molecule has 1 heterocycles. The van der Waals surface area contributed by atoms with Crippen molar-refractivity contribution in [2.75, 3.05) is 19.6 Å². The summed E-state index contributed by atoms with van der Waals surface area (Å²) in [6.07, 6.45) is 0.966. The number of hydrogen-bond acceptors (Lipinski definition) is 2. The SMILES string of the molecule is CC(C)C1(C(=O)NCC2C(C)(C)C2(C)C)CCNC1. The van der Waals surface area contributed by atoms with Gasteiger partial charge in [-0.2, -0.15) is 0 Å². The van der Waals surface area contributed by atoms with Crippen LogP contribution in [0.5, 0.6) is 0 Å². The lowest BCUT2D eigenvalue weighted by Gasteiger charge is -2.31. The normalized spacial score (nSPS) is 32.6. The lowest BCUT2D eigenvalue weighted by atomic mass is 9.75. The third kappa shape index (κ3) is 2.10. The van der Waals surface area contributed by atoms with Crippen molar-refractivity contribution in [2.45, 2.75) is 48.0 Å². The quantitative estimate of drug-likeness (QED) is 0.820. The van der Waals surface area contributed by atoms with Crippen LogP contribution in [0.25, 0.3) is 0 Å². The molecule has 2 rings (SSSR count). The van der Waals surface area contributed by atoms with Crippen LogP contribution in [0.4, 0.5) is 0 Å². The van der Waals surface area contributed by atoms with E-state index in [4.69, 9.17) is 0 Å². The minimum Gasteiger partial charge on any atom is -0.355 e. The minimum absolute atomic E-state index is 0.191. The van der Waals surface area contributed by atoms with Crippen molar-refractivity contribution in [1.82, 2.24) is 10.6 Å². The third-order valence-corrected chi connectivity index (χ3v) is 6.53. The summed E-state index contributed by atoms with van der Waals surface area (Å²) in [7, 11) is 0. The van der Waals surface area contributed by atoms with E-state index in [2.05, 4.69) is 52.2 Å². The van der Waals surface area contributed by atoms with E-state index in [1.165, 1.54) is 0 Å². The molecule has 2 N–H and O–H groups in total. The summed E-state index contributed by atoms with van der Waals surface area (Å²) in [5.41, 5.74) is 0.502. The molecule has 0 bridgehead atoms. The van der Waals surface area contributed by atoms with Crippen LogP contribution in [0.3, 0.4) is 0 Å². The van der Waals surface area contributed by atoms with Crippen molar-refractivity contribution in [3.8, 4) is 0 Å². The summed E-state index contributed by atoms with van der Waals surface area (Å²) >= 11 is 0. The fraction of sp³-hybridized carbons (Fsp3) is 0.938. The Hall–Kier alpha value is -0.570. The predicted octanol–water partition coefficient (Wildman–Crippen LogP) is 2.42. The molecule has 2 fully saturated rings. The molecule has 1 aliphatic heterocycles. The molecule has 0 aromatic carbocycles. The molecular weight excluding hydrogens is 236 g/mol. The zero-order chi connectivity index (χ0) is 14.5. The van der Waals surface area contributed by atoms with Gasteiger partial charge in [0.25, 0.3) is 0 Å². The zero-order valence-electron chi connectivity index (χ0n) is 13.4. The fourth-order valence-electron chi connectivity index (χ4n) is 3.87. The predicted molar refractivity (Wildman–Crippen MR) is 78.8 cm³/mol. The van der Waals surface area contributed by atoms with Crippen molar-refractivity contribution >= 4 is 5.91 Å². The molecule has 1 saturated heterocycles. The summed E-state index contributed by atoms with van der Waals surface area (Å²) in [6, 6.07) is 0. The molecule has 3 nitrogen and oxygen atoms in total. The summed E-state index contributed by atoms with van der Waals surface area (Å²) in [4.78, 5) is 12.6. The number of carbonyl (C=O) groups excluding carboxylic acids is 1. The van der Waals surface area contributed by atoms with E-state index >= 15 is 0 Å². The lowest BCUT2D eigenvalue weighted by molar-refractivity contribution is -0.132. The first kappa shape index (κ1) is 14.8. The maximum Gasteiger partial charge on any atom is 0.227 e. The van der Waals surface area contributed by atoms with Crippen LogP contribution in [0.15, 0.2) is 0 Å². The molecule has 1 saturated carbocycles. The van der Waals surface area contributed by atoms with Crippen LogP contribution in [-0.4, -0.2) is 25.5 Å². The molecule has 19 heavy (non-hydrogen) atoms. The molecular formula is C16H30N2O. The molecule has 1 unspecified atom stereocenters. The van der Waals surface area contributed by atoms with Crippen molar-refractivity contribution in [3.63, 3.8) is 0 Å². The van der Waals surface area contributed by atoms with Crippen molar-refractivity contribution in [2.24, 2.45) is 28.1 Å². The maximum absolute atomic E-state index is 12.6. The van der Waals surface area contributed by atoms with Crippen LogP contribution in [0.2, 0.25) is 0 Å². The Morgan fingerprint density at radius 3 is 2.21 bits per heavy atom. The summed E-state index contributed by atoms with van der Waals surface area (Å²) in [6.45, 7) is 16.2. The van der Waals surface area contributed by atoms with Crippen molar-refractivity contribution < 1.29 is 4.79 Å². The Morgan fingerprint density at radius 2 is 1.84 bits per heavy atom. The van der Waals surface area contributed by atoms with E-state index in [9.17, 15) is 4.79 Å². The molecule has 1 atom stereocenters. The second-order valence-corrected chi connectivity index (χ2v) is 7.94. The number of hydrogen-bond donors (Lipinski definition) is 2. The highest BCUT2D eigenvalue weighted by atomic mass is 16.2. The van der Waals surface area contributed by atoms with Crippen LogP contribution < -0.4 is 10.6 Å². The largest absolute Gasteiger partial charge is 0.355 e. The zero-order valence-corrected chi connectivity index (χ0v) is 13.4. The average molecular weight is 266 g/mol. The van der Waals surface area contributed by atoms with E-state index in [0.717, 1.165) is 26.1 Å². The smallest absolute Gasteiger partial charge is 0.227 e. The van der Waals surface area contributed by atoms with E-state index in [0.29, 0.717) is 22.7 Å². The minimum atomic E-state index is -0.191. The van der Waals surface area contributed by atoms with Crippen molar-refractivity contribution in [3.05, 3.63) is 0 Å². The van der Waals surface area contributed by atoms with Gasteiger partial charge < -0.3 is 10.6 Å². The lowest BCUT2D eigenvalue weighted by Crippen LogP contribution is -2.46. The standard InChI is InChI=1S/C16H30N2O/c1-11(2)16(7-8-17-10-16)13(19)18-9-12-14(3,4)15(12,5)6/h11-12,17H,7-10H2,1-6H3,(H,18,19). The molecule has 1 aliphatic carbocycles. The molecule has 110 valence electrons. The van der Waals surface area contributed by atoms with E-state index in [-0.39, 0.29) is 11.3 Å². The van der Waals surface area contributed by atoms with E-state index in [1.807, 2.05) is 0 Å². The third-order valence-electron chi connectivity index (χ3n) is 6.53. The first-order valence-corrected chi connectivity index (χ1v) is 7.65. The van der Waals surface area contributed by atoms with E-state index < -0.39 is 0 Å². The summed E-state index contributed by atoms with van der Waals surface area (Å²) in [5.74, 6) is 1.25.